The van der Waals surface area contributed by atoms with E-state index < -0.39 is 5.60 Å². The number of carbonyl (C=O) groups excluding carboxylic acids is 1. The van der Waals surface area contributed by atoms with Crippen molar-refractivity contribution >= 4 is 5.78 Å². The molecule has 0 saturated carbocycles. The normalized spacial score (nSPS) is 36.0. The average Bonchev–Trinajstić information content (AvgIpc) is 2.48. The van der Waals surface area contributed by atoms with E-state index in [0.29, 0.717) is 18.8 Å². The van der Waals surface area contributed by atoms with E-state index in [1.165, 1.54) is 0 Å². The average molecular weight is 234 g/mol. The molecule has 1 N–H and O–H groups in total. The van der Waals surface area contributed by atoms with Crippen molar-refractivity contribution in [3.8, 4) is 0 Å². The number of hydrogen-bond acceptors (Lipinski definition) is 2. The van der Waals surface area contributed by atoms with E-state index in [1.807, 2.05) is 13.8 Å². The van der Waals surface area contributed by atoms with Crippen molar-refractivity contribution in [1.29, 1.82) is 0 Å². The van der Waals surface area contributed by atoms with Crippen LogP contribution in [0.3, 0.4) is 0 Å². The van der Waals surface area contributed by atoms with Gasteiger partial charge >= 0.3 is 0 Å². The first-order valence-corrected chi connectivity index (χ1v) is 6.43. The highest BCUT2D eigenvalue weighted by atomic mass is 16.3. The molecule has 2 aliphatic carbocycles. The van der Waals surface area contributed by atoms with Gasteiger partial charge < -0.3 is 5.11 Å². The molecule has 0 aromatic carbocycles. The largest absolute Gasteiger partial charge is 0.385 e. The highest BCUT2D eigenvalue weighted by Gasteiger charge is 2.50. The third kappa shape index (κ3) is 1.79. The van der Waals surface area contributed by atoms with Crippen LogP contribution in [0.25, 0.3) is 0 Å². The molecule has 0 unspecified atom stereocenters. The highest BCUT2D eigenvalue weighted by molar-refractivity contribution is 6.03. The molecule has 0 aromatic rings. The number of aliphatic hydroxyl groups is 1. The van der Waals surface area contributed by atoms with Crippen molar-refractivity contribution in [2.24, 2.45) is 11.3 Å². The van der Waals surface area contributed by atoms with E-state index in [9.17, 15) is 9.90 Å². The zero-order valence-electron chi connectivity index (χ0n) is 11.0. The van der Waals surface area contributed by atoms with Crippen LogP contribution in [0.2, 0.25) is 0 Å². The first-order valence-electron chi connectivity index (χ1n) is 6.43. The molecule has 2 atom stereocenters. The second-order valence-corrected chi connectivity index (χ2v) is 6.25. The molecule has 0 aromatic heterocycles. The van der Waals surface area contributed by atoms with Crippen LogP contribution in [0.4, 0.5) is 0 Å². The first kappa shape index (κ1) is 12.6. The van der Waals surface area contributed by atoms with Crippen molar-refractivity contribution in [3.05, 3.63) is 23.8 Å². The van der Waals surface area contributed by atoms with Gasteiger partial charge in [0.25, 0.3) is 0 Å². The fraction of sp³-hybridized carbons (Fsp3) is 0.667. The van der Waals surface area contributed by atoms with Gasteiger partial charge in [-0.25, -0.2) is 0 Å². The molecule has 0 saturated heterocycles. The van der Waals surface area contributed by atoms with E-state index in [-0.39, 0.29) is 11.2 Å². The molecular formula is C15H22O2. The molecule has 2 nitrogen and oxygen atoms in total. The lowest BCUT2D eigenvalue weighted by molar-refractivity contribution is -0.122. The number of rotatable bonds is 2. The summed E-state index contributed by atoms with van der Waals surface area (Å²) in [5.41, 5.74) is 0.752. The molecule has 94 valence electrons. The van der Waals surface area contributed by atoms with Crippen LogP contribution in [-0.4, -0.2) is 16.5 Å². The lowest BCUT2D eigenvalue weighted by Gasteiger charge is -2.36. The second-order valence-electron chi connectivity index (χ2n) is 6.25. The first-order chi connectivity index (χ1) is 7.82. The molecule has 0 bridgehead atoms. The van der Waals surface area contributed by atoms with Crippen LogP contribution in [-0.2, 0) is 4.79 Å². The molecule has 17 heavy (non-hydrogen) atoms. The van der Waals surface area contributed by atoms with E-state index in [2.05, 4.69) is 13.5 Å². The molecule has 0 spiro atoms. The van der Waals surface area contributed by atoms with Crippen LogP contribution in [0.5, 0.6) is 0 Å². The maximum absolute atomic E-state index is 12.4. The zero-order valence-corrected chi connectivity index (χ0v) is 11.0. The summed E-state index contributed by atoms with van der Waals surface area (Å²) in [4.78, 5) is 12.4. The second kappa shape index (κ2) is 3.81. The van der Waals surface area contributed by atoms with Crippen LogP contribution in [0.1, 0.15) is 46.5 Å². The molecule has 2 heteroatoms. The van der Waals surface area contributed by atoms with Gasteiger partial charge in [-0.1, -0.05) is 26.8 Å². The fourth-order valence-electron chi connectivity index (χ4n) is 3.27. The Bertz CT molecular complexity index is 403. The van der Waals surface area contributed by atoms with E-state index in [4.69, 9.17) is 0 Å². The van der Waals surface area contributed by atoms with Crippen molar-refractivity contribution in [1.82, 2.24) is 0 Å². The van der Waals surface area contributed by atoms with Gasteiger partial charge in [0.1, 0.15) is 0 Å². The quantitative estimate of drug-likeness (QED) is 0.746. The number of allylic oxidation sites excluding steroid dienone is 1. The monoisotopic (exact) mass is 234 g/mol. The predicted molar refractivity (Wildman–Crippen MR) is 68.6 cm³/mol. The molecular weight excluding hydrogens is 212 g/mol. The van der Waals surface area contributed by atoms with Crippen molar-refractivity contribution in [2.45, 2.75) is 52.1 Å². The molecule has 0 fully saturated rings. The van der Waals surface area contributed by atoms with E-state index in [0.717, 1.165) is 24.0 Å². The summed E-state index contributed by atoms with van der Waals surface area (Å²) < 4.78 is 0. The van der Waals surface area contributed by atoms with Gasteiger partial charge in [-0.05, 0) is 37.2 Å². The topological polar surface area (TPSA) is 37.3 Å². The number of carbonyl (C=O) groups is 1. The Morgan fingerprint density at radius 2 is 2.18 bits per heavy atom. The van der Waals surface area contributed by atoms with Gasteiger partial charge in [0, 0.05) is 11.0 Å². The Hall–Kier alpha value is -0.890. The van der Waals surface area contributed by atoms with Gasteiger partial charge in [0.2, 0.25) is 0 Å². The Morgan fingerprint density at radius 3 is 2.76 bits per heavy atom. The van der Waals surface area contributed by atoms with Crippen molar-refractivity contribution in [3.63, 3.8) is 0 Å². The van der Waals surface area contributed by atoms with Gasteiger partial charge in [0.15, 0.2) is 5.78 Å². The van der Waals surface area contributed by atoms with Gasteiger partial charge in [0.05, 0.1) is 5.60 Å². The molecule has 2 aliphatic rings. The molecule has 0 radical (unpaired) electrons. The summed E-state index contributed by atoms with van der Waals surface area (Å²) >= 11 is 0. The maximum Gasteiger partial charge on any atom is 0.165 e. The van der Waals surface area contributed by atoms with Crippen molar-refractivity contribution < 1.29 is 9.90 Å². The summed E-state index contributed by atoms with van der Waals surface area (Å²) in [6.07, 6.45) is 4.67. The summed E-state index contributed by atoms with van der Waals surface area (Å²) in [6, 6.07) is 0. The van der Waals surface area contributed by atoms with Crippen LogP contribution in [0.15, 0.2) is 23.8 Å². The lowest BCUT2D eigenvalue weighted by atomic mass is 9.74. The molecule has 2 rings (SSSR count). The maximum atomic E-state index is 12.4. The predicted octanol–water partition coefficient (Wildman–Crippen LogP) is 3.02. The molecule has 0 aliphatic heterocycles. The Morgan fingerprint density at radius 1 is 1.53 bits per heavy atom. The van der Waals surface area contributed by atoms with Crippen molar-refractivity contribution in [2.75, 3.05) is 0 Å². The summed E-state index contributed by atoms with van der Waals surface area (Å²) in [6.45, 7) is 9.78. The minimum absolute atomic E-state index is 0.238. The van der Waals surface area contributed by atoms with Crippen LogP contribution < -0.4 is 0 Å². The van der Waals surface area contributed by atoms with Crippen LogP contribution >= 0.6 is 0 Å². The van der Waals surface area contributed by atoms with Gasteiger partial charge in [-0.3, -0.25) is 4.79 Å². The van der Waals surface area contributed by atoms with Gasteiger partial charge in [-0.15, -0.1) is 6.58 Å². The van der Waals surface area contributed by atoms with E-state index >= 15 is 0 Å². The Labute approximate surface area is 103 Å². The van der Waals surface area contributed by atoms with E-state index in [1.54, 1.807) is 6.08 Å². The van der Waals surface area contributed by atoms with Crippen LogP contribution in [0, 0.1) is 11.3 Å². The summed E-state index contributed by atoms with van der Waals surface area (Å²) in [5.74, 6) is 0.534. The third-order valence-corrected chi connectivity index (χ3v) is 4.33. The summed E-state index contributed by atoms with van der Waals surface area (Å²) in [5, 5.41) is 10.7. The smallest absolute Gasteiger partial charge is 0.165 e. The summed E-state index contributed by atoms with van der Waals surface area (Å²) in [7, 11) is 0. The Kier molecular flexibility index (Phi) is 2.81. The third-order valence-electron chi connectivity index (χ3n) is 4.33. The molecule has 0 amide bonds. The SMILES string of the molecule is C=CC[C@]1(O)CC[C@@H](C)C2=C1CC(C)(C)C2=O. The number of Topliss-reactive ketones (excluding diaryl/α,β-unsaturated/α-hetero) is 1. The zero-order chi connectivity index (χ0) is 12.8. The minimum atomic E-state index is -0.812. The fourth-order valence-corrected chi connectivity index (χ4v) is 3.27. The minimum Gasteiger partial charge on any atom is -0.385 e. The Balaban J connectivity index is 2.48. The highest BCUT2D eigenvalue weighted by Crippen LogP contribution is 2.51. The molecule has 0 heterocycles. The number of ketones is 1. The number of hydrogen-bond donors (Lipinski definition) is 1. The van der Waals surface area contributed by atoms with Gasteiger partial charge in [-0.2, -0.15) is 0 Å². The standard InChI is InChI=1S/C15H22O2/c1-5-7-15(17)8-6-10(2)12-11(15)9-14(3,4)13(12)16/h5,10,17H,1,6-9H2,2-4H3/t10-,15+/m1/s1. The lowest BCUT2D eigenvalue weighted by Crippen LogP contribution is -2.35.